The number of benzene rings is 2. The van der Waals surface area contributed by atoms with Crippen LogP contribution in [0.15, 0.2) is 42.5 Å². The van der Waals surface area contributed by atoms with Crippen LogP contribution in [0.3, 0.4) is 0 Å². The van der Waals surface area contributed by atoms with Crippen LogP contribution < -0.4 is 4.74 Å². The average Bonchev–Trinajstić information content (AvgIpc) is 3.30. The zero-order valence-corrected chi connectivity index (χ0v) is 22.2. The summed E-state index contributed by atoms with van der Waals surface area (Å²) in [5.74, 6) is 0.714. The van der Waals surface area contributed by atoms with Crippen LogP contribution in [0.25, 0.3) is 10.9 Å². The third-order valence-corrected chi connectivity index (χ3v) is 7.91. The number of fused-ring (bicyclic) bond motifs is 4. The van der Waals surface area contributed by atoms with Gasteiger partial charge in [0, 0.05) is 35.6 Å². The van der Waals surface area contributed by atoms with Gasteiger partial charge in [-0.3, -0.25) is 14.6 Å². The van der Waals surface area contributed by atoms with E-state index < -0.39 is 11.6 Å². The average molecular weight is 505 g/mol. The molecule has 2 unspecified atom stereocenters. The topological polar surface area (TPSA) is 89.1 Å². The molecule has 37 heavy (non-hydrogen) atoms. The van der Waals surface area contributed by atoms with Crippen LogP contribution >= 0.6 is 0 Å². The van der Waals surface area contributed by atoms with Crippen LogP contribution in [0, 0.1) is 0 Å². The third-order valence-electron chi connectivity index (χ3n) is 7.91. The number of aromatic hydroxyl groups is 1. The molecule has 0 radical (unpaired) electrons. The molecule has 3 heterocycles. The Bertz CT molecular complexity index is 1350. The summed E-state index contributed by atoms with van der Waals surface area (Å²) in [4.78, 5) is 36.7. The molecule has 0 saturated carbocycles. The number of carbonyl (C=O) groups is 2. The minimum Gasteiger partial charge on any atom is -0.508 e. The van der Waals surface area contributed by atoms with E-state index in [0.29, 0.717) is 32.0 Å². The number of imide groups is 1. The molecule has 8 nitrogen and oxygen atoms in total. The number of urea groups is 1. The first kappa shape index (κ1) is 25.1. The molecule has 2 aromatic carbocycles. The summed E-state index contributed by atoms with van der Waals surface area (Å²) in [5, 5.41) is 11.3. The Labute approximate surface area is 217 Å². The Balaban J connectivity index is 1.59. The van der Waals surface area contributed by atoms with E-state index in [-0.39, 0.29) is 17.7 Å². The van der Waals surface area contributed by atoms with Crippen molar-refractivity contribution in [1.82, 2.24) is 19.7 Å². The number of ether oxygens (including phenoxy) is 1. The van der Waals surface area contributed by atoms with Crippen LogP contribution in [0.5, 0.6) is 11.5 Å². The van der Waals surface area contributed by atoms with Crippen molar-refractivity contribution in [2.75, 3.05) is 26.7 Å². The van der Waals surface area contributed by atoms with Crippen molar-refractivity contribution in [3.63, 3.8) is 0 Å². The van der Waals surface area contributed by atoms with Crippen LogP contribution in [0.1, 0.15) is 57.0 Å². The Morgan fingerprint density at radius 1 is 1.22 bits per heavy atom. The summed E-state index contributed by atoms with van der Waals surface area (Å²) in [6, 6.07) is 12.4. The number of hydrogen-bond acceptors (Lipinski definition) is 5. The van der Waals surface area contributed by atoms with Crippen molar-refractivity contribution in [2.24, 2.45) is 0 Å². The van der Waals surface area contributed by atoms with Crippen molar-refractivity contribution in [2.45, 2.75) is 58.2 Å². The highest BCUT2D eigenvalue weighted by molar-refractivity contribution is 6.08. The highest BCUT2D eigenvalue weighted by Gasteiger charge is 2.60. The van der Waals surface area contributed by atoms with Gasteiger partial charge in [0.05, 0.1) is 6.61 Å². The van der Waals surface area contributed by atoms with Gasteiger partial charge in [0.15, 0.2) is 0 Å². The molecule has 2 aliphatic rings. The first-order valence-corrected chi connectivity index (χ1v) is 13.1. The summed E-state index contributed by atoms with van der Waals surface area (Å²) in [5.41, 5.74) is 2.52. The lowest BCUT2D eigenvalue weighted by Crippen LogP contribution is -2.53. The molecule has 2 atom stereocenters. The van der Waals surface area contributed by atoms with Gasteiger partial charge in [0.1, 0.15) is 23.1 Å². The van der Waals surface area contributed by atoms with Crippen molar-refractivity contribution >= 4 is 22.8 Å². The SMILES string of the molecule is CCOc1ccc2[nH]c3c(c2c1)CC1(C)C(=O)N(CCCN(C)C(C)C)C(=O)N1C3c1cccc(O)c1. The number of rotatable bonds is 8. The van der Waals surface area contributed by atoms with Gasteiger partial charge in [0.25, 0.3) is 5.91 Å². The number of nitrogens with zero attached hydrogens (tertiary/aromatic N) is 3. The molecule has 3 aromatic rings. The Hall–Kier alpha value is -3.52. The Morgan fingerprint density at radius 3 is 2.70 bits per heavy atom. The van der Waals surface area contributed by atoms with Gasteiger partial charge in [-0.15, -0.1) is 0 Å². The van der Waals surface area contributed by atoms with Crippen LogP contribution in [-0.4, -0.2) is 75.1 Å². The monoisotopic (exact) mass is 504 g/mol. The number of hydrogen-bond donors (Lipinski definition) is 2. The van der Waals surface area contributed by atoms with Gasteiger partial charge in [0.2, 0.25) is 0 Å². The maximum absolute atomic E-state index is 13.9. The number of carbonyl (C=O) groups excluding carboxylic acids is 2. The number of phenols is 1. The number of aromatic nitrogens is 1. The standard InChI is InChI=1S/C29H36N4O4/c1-6-37-21-11-12-24-22(16-21)23-17-29(4)27(35)32(14-8-13-31(5)18(2)3)28(36)33(29)26(25(23)30-24)19-9-7-10-20(34)15-19/h7,9-12,15-16,18,26,30,34H,6,8,13-14,17H2,1-5H3. The van der Waals surface area contributed by atoms with Crippen LogP contribution in [-0.2, 0) is 11.2 Å². The Morgan fingerprint density at radius 2 is 2.00 bits per heavy atom. The lowest BCUT2D eigenvalue weighted by molar-refractivity contribution is -0.133. The molecule has 2 aliphatic heterocycles. The van der Waals surface area contributed by atoms with E-state index in [1.54, 1.807) is 23.1 Å². The van der Waals surface area contributed by atoms with E-state index in [0.717, 1.165) is 40.0 Å². The van der Waals surface area contributed by atoms with Gasteiger partial charge in [-0.2, -0.15) is 0 Å². The molecule has 8 heteroatoms. The van der Waals surface area contributed by atoms with Crippen LogP contribution in [0.4, 0.5) is 4.79 Å². The molecule has 2 N–H and O–H groups in total. The fourth-order valence-corrected chi connectivity index (χ4v) is 5.72. The summed E-state index contributed by atoms with van der Waals surface area (Å²) < 4.78 is 5.76. The van der Waals surface area contributed by atoms with Gasteiger partial charge in [-0.1, -0.05) is 12.1 Å². The summed E-state index contributed by atoms with van der Waals surface area (Å²) in [7, 11) is 2.05. The Kier molecular flexibility index (Phi) is 6.40. The molecule has 1 aromatic heterocycles. The van der Waals surface area contributed by atoms with E-state index in [1.807, 2.05) is 38.1 Å². The highest BCUT2D eigenvalue weighted by Crippen LogP contribution is 2.49. The van der Waals surface area contributed by atoms with Crippen molar-refractivity contribution in [3.05, 3.63) is 59.3 Å². The van der Waals surface area contributed by atoms with Crippen molar-refractivity contribution < 1.29 is 19.4 Å². The van der Waals surface area contributed by atoms with Gasteiger partial charge in [-0.25, -0.2) is 4.79 Å². The van der Waals surface area contributed by atoms with E-state index in [4.69, 9.17) is 4.74 Å². The predicted octanol–water partition coefficient (Wildman–Crippen LogP) is 4.67. The molecule has 196 valence electrons. The number of aromatic amines is 1. The molecule has 1 fully saturated rings. The number of H-pyrrole nitrogens is 1. The first-order chi connectivity index (χ1) is 17.7. The van der Waals surface area contributed by atoms with Gasteiger partial charge < -0.3 is 19.7 Å². The second kappa shape index (κ2) is 9.41. The smallest absolute Gasteiger partial charge is 0.328 e. The van der Waals surface area contributed by atoms with Crippen LogP contribution in [0.2, 0.25) is 0 Å². The molecule has 0 spiro atoms. The zero-order chi connectivity index (χ0) is 26.5. The predicted molar refractivity (Wildman–Crippen MR) is 143 cm³/mol. The fourth-order valence-electron chi connectivity index (χ4n) is 5.72. The third kappa shape index (κ3) is 4.13. The number of amides is 3. The first-order valence-electron chi connectivity index (χ1n) is 13.1. The maximum atomic E-state index is 13.9. The van der Waals surface area contributed by atoms with E-state index in [1.165, 1.54) is 4.90 Å². The molecule has 1 saturated heterocycles. The maximum Gasteiger partial charge on any atom is 0.328 e. The van der Waals surface area contributed by atoms with Gasteiger partial charge >= 0.3 is 6.03 Å². The minimum atomic E-state index is -1.04. The summed E-state index contributed by atoms with van der Waals surface area (Å²) in [6.07, 6.45) is 1.11. The lowest BCUT2D eigenvalue weighted by Gasteiger charge is -2.42. The number of phenolic OH excluding ortho intramolecular Hbond substituents is 1. The normalized spacial score (nSPS) is 21.3. The molecule has 0 bridgehead atoms. The summed E-state index contributed by atoms with van der Waals surface area (Å²) >= 11 is 0. The van der Waals surface area contributed by atoms with Crippen molar-refractivity contribution in [1.29, 1.82) is 0 Å². The second-order valence-electron chi connectivity index (χ2n) is 10.6. The largest absolute Gasteiger partial charge is 0.508 e. The lowest BCUT2D eigenvalue weighted by atomic mass is 9.81. The van der Waals surface area contributed by atoms with Gasteiger partial charge in [-0.05, 0) is 89.2 Å². The minimum absolute atomic E-state index is 0.118. The zero-order valence-electron chi connectivity index (χ0n) is 22.2. The second-order valence-corrected chi connectivity index (χ2v) is 10.6. The molecular weight excluding hydrogens is 468 g/mol. The summed E-state index contributed by atoms with van der Waals surface area (Å²) in [6.45, 7) is 9.80. The van der Waals surface area contributed by atoms with Crippen molar-refractivity contribution in [3.8, 4) is 11.5 Å². The highest BCUT2D eigenvalue weighted by atomic mass is 16.5. The fraction of sp³-hybridized carbons (Fsp3) is 0.448. The number of nitrogens with one attached hydrogen (secondary N) is 1. The van der Waals surface area contributed by atoms with E-state index >= 15 is 0 Å². The quantitative estimate of drug-likeness (QED) is 0.435. The van der Waals surface area contributed by atoms with E-state index in [9.17, 15) is 14.7 Å². The molecule has 0 aliphatic carbocycles. The van der Waals surface area contributed by atoms with E-state index in [2.05, 4.69) is 30.8 Å². The molecule has 5 rings (SSSR count). The molecular formula is C29H36N4O4. The molecule has 3 amide bonds.